The van der Waals surface area contributed by atoms with E-state index in [2.05, 4.69) is 22.2 Å². The maximum atomic E-state index is 13.2. The smallest absolute Gasteiger partial charge is 0.261 e. The molecule has 0 radical (unpaired) electrons. The van der Waals surface area contributed by atoms with Gasteiger partial charge in [-0.15, -0.1) is 0 Å². The number of hydrogen-bond acceptors (Lipinski definition) is 5. The third kappa shape index (κ3) is 4.34. The predicted molar refractivity (Wildman–Crippen MR) is 139 cm³/mol. The van der Waals surface area contributed by atoms with Gasteiger partial charge in [-0.1, -0.05) is 29.8 Å². The molecule has 0 saturated heterocycles. The van der Waals surface area contributed by atoms with E-state index in [4.69, 9.17) is 21.1 Å². The van der Waals surface area contributed by atoms with Gasteiger partial charge in [0.1, 0.15) is 11.5 Å². The molecule has 3 atom stereocenters. The summed E-state index contributed by atoms with van der Waals surface area (Å²) < 4.78 is 40.1. The molecule has 5 rings (SSSR count). The summed E-state index contributed by atoms with van der Waals surface area (Å²) in [6.07, 6.45) is 5.23. The number of nitrogens with one attached hydrogen (secondary N) is 2. The number of fused-ring (bicyclic) bond motifs is 3. The van der Waals surface area contributed by atoms with E-state index in [1.54, 1.807) is 44.6 Å². The second-order valence-corrected chi connectivity index (χ2v) is 11.0. The van der Waals surface area contributed by atoms with Crippen molar-refractivity contribution in [2.45, 2.75) is 30.2 Å². The number of rotatable bonds is 6. The van der Waals surface area contributed by atoms with Crippen molar-refractivity contribution in [3.63, 3.8) is 0 Å². The van der Waals surface area contributed by atoms with Crippen molar-refractivity contribution in [3.05, 3.63) is 88.5 Å². The first-order valence-corrected chi connectivity index (χ1v) is 13.2. The van der Waals surface area contributed by atoms with E-state index in [0.29, 0.717) is 10.7 Å². The molecule has 0 bridgehead atoms. The summed E-state index contributed by atoms with van der Waals surface area (Å²) in [5.41, 5.74) is 4.25. The Balaban J connectivity index is 1.49. The van der Waals surface area contributed by atoms with Gasteiger partial charge in [0.25, 0.3) is 10.0 Å². The number of sulfonamides is 1. The van der Waals surface area contributed by atoms with Gasteiger partial charge in [-0.25, -0.2) is 8.42 Å². The summed E-state index contributed by atoms with van der Waals surface area (Å²) in [7, 11) is -0.493. The second kappa shape index (κ2) is 9.13. The number of allylic oxidation sites excluding steroid dienone is 2. The fourth-order valence-corrected chi connectivity index (χ4v) is 6.26. The van der Waals surface area contributed by atoms with E-state index in [9.17, 15) is 8.42 Å². The highest BCUT2D eigenvalue weighted by atomic mass is 35.5. The van der Waals surface area contributed by atoms with Crippen LogP contribution in [0.5, 0.6) is 11.5 Å². The number of aryl methyl sites for hydroxylation is 1. The van der Waals surface area contributed by atoms with Crippen LogP contribution in [0.15, 0.2) is 71.6 Å². The number of anilines is 2. The average molecular weight is 511 g/mol. The lowest BCUT2D eigenvalue weighted by Crippen LogP contribution is -2.29. The Kier molecular flexibility index (Phi) is 6.15. The van der Waals surface area contributed by atoms with Crippen LogP contribution in [0.4, 0.5) is 11.4 Å². The summed E-state index contributed by atoms with van der Waals surface area (Å²) in [6.45, 7) is 1.87. The highest BCUT2D eigenvalue weighted by molar-refractivity contribution is 7.92. The number of halogens is 1. The third-order valence-electron chi connectivity index (χ3n) is 6.84. The second-order valence-electron chi connectivity index (χ2n) is 8.90. The number of methoxy groups -OCH3 is 2. The highest BCUT2D eigenvalue weighted by Gasteiger charge is 2.39. The van der Waals surface area contributed by atoms with Gasteiger partial charge in [0, 0.05) is 28.3 Å². The Hall–Kier alpha value is -3.16. The van der Waals surface area contributed by atoms with Crippen LogP contribution in [0.2, 0.25) is 5.02 Å². The Morgan fingerprint density at radius 3 is 2.57 bits per heavy atom. The quantitative estimate of drug-likeness (QED) is 0.381. The minimum atomic E-state index is -3.78. The van der Waals surface area contributed by atoms with Crippen LogP contribution in [0.3, 0.4) is 0 Å². The fraction of sp³-hybridized carbons (Fsp3) is 0.259. The van der Waals surface area contributed by atoms with Gasteiger partial charge >= 0.3 is 0 Å². The van der Waals surface area contributed by atoms with E-state index in [1.165, 1.54) is 0 Å². The normalized spacial score (nSPS) is 20.5. The molecule has 2 aliphatic rings. The molecule has 2 N–H and O–H groups in total. The molecule has 8 heteroatoms. The molecule has 182 valence electrons. The first-order valence-electron chi connectivity index (χ1n) is 11.4. The van der Waals surface area contributed by atoms with Crippen molar-refractivity contribution in [2.75, 3.05) is 24.3 Å². The van der Waals surface area contributed by atoms with Crippen LogP contribution in [-0.2, 0) is 10.0 Å². The Morgan fingerprint density at radius 2 is 1.83 bits per heavy atom. The summed E-state index contributed by atoms with van der Waals surface area (Å²) >= 11 is 6.18. The van der Waals surface area contributed by atoms with Crippen molar-refractivity contribution < 1.29 is 17.9 Å². The topological polar surface area (TPSA) is 76.7 Å². The zero-order valence-electron chi connectivity index (χ0n) is 19.7. The average Bonchev–Trinajstić information content (AvgIpc) is 3.35. The molecule has 1 heterocycles. The summed E-state index contributed by atoms with van der Waals surface area (Å²) in [5, 5.41) is 4.16. The maximum absolute atomic E-state index is 13.2. The lowest BCUT2D eigenvalue weighted by Gasteiger charge is -2.38. The number of hydrogen-bond donors (Lipinski definition) is 2. The lowest BCUT2D eigenvalue weighted by atomic mass is 9.77. The molecule has 0 aromatic heterocycles. The van der Waals surface area contributed by atoms with Gasteiger partial charge in [0.05, 0.1) is 30.8 Å². The highest BCUT2D eigenvalue weighted by Crippen LogP contribution is 2.51. The van der Waals surface area contributed by atoms with Gasteiger partial charge in [0.15, 0.2) is 0 Å². The molecule has 0 spiro atoms. The minimum Gasteiger partial charge on any atom is -0.497 e. The largest absolute Gasteiger partial charge is 0.497 e. The van der Waals surface area contributed by atoms with Gasteiger partial charge in [0.2, 0.25) is 0 Å². The van der Waals surface area contributed by atoms with Crippen LogP contribution in [0.1, 0.15) is 35.1 Å². The minimum absolute atomic E-state index is 0.0126. The molecule has 1 aliphatic heterocycles. The molecule has 3 aromatic carbocycles. The van der Waals surface area contributed by atoms with Crippen molar-refractivity contribution >= 4 is 33.0 Å². The molecule has 3 aromatic rings. The Morgan fingerprint density at radius 1 is 1.00 bits per heavy atom. The molecule has 6 nitrogen and oxygen atoms in total. The van der Waals surface area contributed by atoms with Gasteiger partial charge in [-0.05, 0) is 72.9 Å². The van der Waals surface area contributed by atoms with E-state index < -0.39 is 10.0 Å². The van der Waals surface area contributed by atoms with Gasteiger partial charge in [-0.3, -0.25) is 4.72 Å². The van der Waals surface area contributed by atoms with E-state index in [0.717, 1.165) is 40.3 Å². The molecule has 35 heavy (non-hydrogen) atoms. The zero-order chi connectivity index (χ0) is 24.7. The van der Waals surface area contributed by atoms with Crippen LogP contribution in [0.25, 0.3) is 0 Å². The van der Waals surface area contributed by atoms with Crippen molar-refractivity contribution in [1.82, 2.24) is 0 Å². The summed E-state index contributed by atoms with van der Waals surface area (Å²) in [4.78, 5) is 0.217. The first kappa shape index (κ1) is 23.6. The Bertz CT molecular complexity index is 1420. The van der Waals surface area contributed by atoms with Gasteiger partial charge in [-0.2, -0.15) is 0 Å². The monoisotopic (exact) mass is 510 g/mol. The van der Waals surface area contributed by atoms with Crippen molar-refractivity contribution in [3.8, 4) is 11.5 Å². The summed E-state index contributed by atoms with van der Waals surface area (Å²) in [5.74, 6) is 1.81. The molecular formula is C27H27ClN2O4S. The molecule has 0 amide bonds. The van der Waals surface area contributed by atoms with Crippen LogP contribution in [-0.4, -0.2) is 22.6 Å². The van der Waals surface area contributed by atoms with E-state index >= 15 is 0 Å². The van der Waals surface area contributed by atoms with Crippen LogP contribution in [0, 0.1) is 12.8 Å². The van der Waals surface area contributed by atoms with Crippen molar-refractivity contribution in [2.24, 2.45) is 5.92 Å². The maximum Gasteiger partial charge on any atom is 0.261 e. The van der Waals surface area contributed by atoms with Crippen LogP contribution < -0.4 is 19.5 Å². The Labute approximate surface area is 211 Å². The number of ether oxygens (including phenoxy) is 2. The zero-order valence-corrected chi connectivity index (χ0v) is 21.3. The standard InChI is InChI=1S/C27H27ClN2O4S/c1-16-7-8-17(13-24(16)28)30-35(31,32)19-10-12-25-23(15-19)20-5-4-6-21(20)27(29-25)22-11-9-18(33-2)14-26(22)34-3/h4-5,7-15,20-21,27,29-30H,6H2,1-3H3/t20-,21+,27-/m0/s1. The fourth-order valence-electron chi connectivity index (χ4n) is 4.99. The first-order chi connectivity index (χ1) is 16.8. The predicted octanol–water partition coefficient (Wildman–Crippen LogP) is 6.29. The molecule has 0 unspecified atom stereocenters. The third-order valence-corrected chi connectivity index (χ3v) is 8.63. The SMILES string of the molecule is COc1ccc([C@H]2Nc3ccc(S(=O)(=O)Nc4ccc(C)c(Cl)c4)cc3[C@H]3C=CC[C@H]32)c(OC)c1. The molecule has 1 aliphatic carbocycles. The van der Waals surface area contributed by atoms with Crippen molar-refractivity contribution in [1.29, 1.82) is 0 Å². The van der Waals surface area contributed by atoms with E-state index in [1.807, 2.05) is 31.2 Å². The molecular weight excluding hydrogens is 484 g/mol. The summed E-state index contributed by atoms with van der Waals surface area (Å²) in [6, 6.07) is 16.2. The number of benzene rings is 3. The van der Waals surface area contributed by atoms with E-state index in [-0.39, 0.29) is 22.8 Å². The molecule has 0 fully saturated rings. The van der Waals surface area contributed by atoms with Gasteiger partial charge < -0.3 is 14.8 Å². The lowest BCUT2D eigenvalue weighted by molar-refractivity contribution is 0.372. The van der Waals surface area contributed by atoms with Crippen LogP contribution >= 0.6 is 11.6 Å². The molecule has 0 saturated carbocycles.